The van der Waals surface area contributed by atoms with E-state index in [1.54, 1.807) is 0 Å². The van der Waals surface area contributed by atoms with Crippen LogP contribution in [-0.2, 0) is 0 Å². The van der Waals surface area contributed by atoms with Crippen molar-refractivity contribution in [1.82, 2.24) is 10.2 Å². The van der Waals surface area contributed by atoms with Crippen molar-refractivity contribution in [3.63, 3.8) is 0 Å². The van der Waals surface area contributed by atoms with E-state index in [-0.39, 0.29) is 0 Å². The number of rotatable bonds is 7. The Kier molecular flexibility index (Phi) is 7.87. The lowest BCUT2D eigenvalue weighted by molar-refractivity contribution is 0.299. The summed E-state index contributed by atoms with van der Waals surface area (Å²) in [5, 5.41) is 3.74. The summed E-state index contributed by atoms with van der Waals surface area (Å²) in [4.78, 5) is 2.46. The Morgan fingerprint density at radius 1 is 1.06 bits per heavy atom. The Labute approximate surface area is 108 Å². The Morgan fingerprint density at radius 2 is 1.71 bits per heavy atom. The molecule has 1 N–H and O–H groups in total. The number of hydrogen-bond donors (Lipinski definition) is 1. The van der Waals surface area contributed by atoms with Crippen molar-refractivity contribution in [3.8, 4) is 0 Å². The standard InChI is InChI=1S/C15H32N2/c1-14(2)10-12-17(3)13-11-16-15-8-6-4-5-7-9-15/h14-16H,4-13H2,1-3H3. The first kappa shape index (κ1) is 15.0. The predicted octanol–water partition coefficient (Wildman–Crippen LogP) is 3.28. The summed E-state index contributed by atoms with van der Waals surface area (Å²) >= 11 is 0. The first-order chi connectivity index (χ1) is 8.18. The van der Waals surface area contributed by atoms with Crippen LogP contribution in [0.15, 0.2) is 0 Å². The topological polar surface area (TPSA) is 15.3 Å². The van der Waals surface area contributed by atoms with Crippen molar-refractivity contribution < 1.29 is 0 Å². The van der Waals surface area contributed by atoms with Gasteiger partial charge in [0.15, 0.2) is 0 Å². The number of nitrogens with one attached hydrogen (secondary N) is 1. The van der Waals surface area contributed by atoms with Crippen molar-refractivity contribution in [2.45, 2.75) is 64.8 Å². The van der Waals surface area contributed by atoms with E-state index in [0.717, 1.165) is 12.0 Å². The van der Waals surface area contributed by atoms with Crippen LogP contribution in [0.4, 0.5) is 0 Å². The highest BCUT2D eigenvalue weighted by molar-refractivity contribution is 4.71. The quantitative estimate of drug-likeness (QED) is 0.687. The smallest absolute Gasteiger partial charge is 0.0104 e. The third-order valence-corrected chi connectivity index (χ3v) is 3.87. The Hall–Kier alpha value is -0.0800. The monoisotopic (exact) mass is 240 g/mol. The summed E-state index contributed by atoms with van der Waals surface area (Å²) < 4.78 is 0. The van der Waals surface area contributed by atoms with Gasteiger partial charge in [-0.15, -0.1) is 0 Å². The fourth-order valence-electron chi connectivity index (χ4n) is 2.53. The Morgan fingerprint density at radius 3 is 2.29 bits per heavy atom. The minimum atomic E-state index is 0.802. The van der Waals surface area contributed by atoms with E-state index in [0.29, 0.717) is 0 Å². The van der Waals surface area contributed by atoms with Crippen LogP contribution in [0.1, 0.15) is 58.8 Å². The zero-order chi connectivity index (χ0) is 12.5. The summed E-state index contributed by atoms with van der Waals surface area (Å²) in [6, 6.07) is 0.802. The molecule has 1 aliphatic rings. The molecule has 2 nitrogen and oxygen atoms in total. The summed E-state index contributed by atoms with van der Waals surface area (Å²) in [7, 11) is 2.25. The van der Waals surface area contributed by atoms with Gasteiger partial charge in [0.2, 0.25) is 0 Å². The molecule has 0 heterocycles. The normalized spacial score (nSPS) is 18.9. The molecule has 0 aromatic carbocycles. The van der Waals surface area contributed by atoms with Gasteiger partial charge in [-0.25, -0.2) is 0 Å². The van der Waals surface area contributed by atoms with Crippen molar-refractivity contribution in [1.29, 1.82) is 0 Å². The molecule has 0 aromatic rings. The largest absolute Gasteiger partial charge is 0.313 e. The lowest BCUT2D eigenvalue weighted by atomic mass is 10.1. The van der Waals surface area contributed by atoms with Crippen LogP contribution >= 0.6 is 0 Å². The van der Waals surface area contributed by atoms with Crippen LogP contribution in [0.2, 0.25) is 0 Å². The van der Waals surface area contributed by atoms with Gasteiger partial charge in [0.1, 0.15) is 0 Å². The highest BCUT2D eigenvalue weighted by atomic mass is 15.1. The zero-order valence-corrected chi connectivity index (χ0v) is 12.2. The van der Waals surface area contributed by atoms with Crippen LogP contribution < -0.4 is 5.32 Å². The summed E-state index contributed by atoms with van der Waals surface area (Å²) in [6.07, 6.45) is 9.88. The molecule has 1 rings (SSSR count). The molecule has 1 fully saturated rings. The second-order valence-corrected chi connectivity index (χ2v) is 6.13. The molecular weight excluding hydrogens is 208 g/mol. The van der Waals surface area contributed by atoms with Gasteiger partial charge in [-0.1, -0.05) is 39.5 Å². The summed E-state index contributed by atoms with van der Waals surface area (Å²) in [5.41, 5.74) is 0. The molecule has 0 amide bonds. The van der Waals surface area contributed by atoms with Gasteiger partial charge in [0, 0.05) is 19.1 Å². The first-order valence-corrected chi connectivity index (χ1v) is 7.60. The molecule has 2 heteroatoms. The van der Waals surface area contributed by atoms with Crippen LogP contribution in [0.3, 0.4) is 0 Å². The van der Waals surface area contributed by atoms with Crippen LogP contribution in [0.5, 0.6) is 0 Å². The lowest BCUT2D eigenvalue weighted by Crippen LogP contribution is -2.36. The van der Waals surface area contributed by atoms with Crippen LogP contribution in [0.25, 0.3) is 0 Å². The molecular formula is C15H32N2. The van der Waals surface area contributed by atoms with Gasteiger partial charge >= 0.3 is 0 Å². The van der Waals surface area contributed by atoms with Gasteiger partial charge < -0.3 is 10.2 Å². The molecule has 0 spiro atoms. The van der Waals surface area contributed by atoms with Crippen molar-refractivity contribution in [2.24, 2.45) is 5.92 Å². The average Bonchev–Trinajstić information content (AvgIpc) is 2.55. The fraction of sp³-hybridized carbons (Fsp3) is 1.00. The number of hydrogen-bond acceptors (Lipinski definition) is 2. The van der Waals surface area contributed by atoms with Crippen LogP contribution in [0, 0.1) is 5.92 Å². The minimum Gasteiger partial charge on any atom is -0.313 e. The van der Waals surface area contributed by atoms with Gasteiger partial charge in [0.25, 0.3) is 0 Å². The van der Waals surface area contributed by atoms with E-state index in [2.05, 4.69) is 31.1 Å². The molecule has 1 saturated carbocycles. The Bertz CT molecular complexity index is 172. The molecule has 0 aliphatic heterocycles. The van der Waals surface area contributed by atoms with E-state index < -0.39 is 0 Å². The number of likely N-dealkylation sites (N-methyl/N-ethyl adjacent to an activating group) is 1. The van der Waals surface area contributed by atoms with Crippen molar-refractivity contribution in [2.75, 3.05) is 26.7 Å². The van der Waals surface area contributed by atoms with Gasteiger partial charge in [-0.3, -0.25) is 0 Å². The van der Waals surface area contributed by atoms with Crippen molar-refractivity contribution >= 4 is 0 Å². The highest BCUT2D eigenvalue weighted by Crippen LogP contribution is 2.16. The van der Waals surface area contributed by atoms with E-state index in [1.165, 1.54) is 64.6 Å². The third-order valence-electron chi connectivity index (χ3n) is 3.87. The summed E-state index contributed by atoms with van der Waals surface area (Å²) in [6.45, 7) is 8.21. The van der Waals surface area contributed by atoms with E-state index in [4.69, 9.17) is 0 Å². The molecule has 102 valence electrons. The second kappa shape index (κ2) is 8.93. The maximum atomic E-state index is 3.74. The molecule has 0 saturated heterocycles. The van der Waals surface area contributed by atoms with E-state index in [9.17, 15) is 0 Å². The lowest BCUT2D eigenvalue weighted by Gasteiger charge is -2.21. The van der Waals surface area contributed by atoms with Crippen molar-refractivity contribution in [3.05, 3.63) is 0 Å². The molecule has 0 radical (unpaired) electrons. The SMILES string of the molecule is CC(C)CCN(C)CCNC1CCCCCC1. The molecule has 0 atom stereocenters. The fourth-order valence-corrected chi connectivity index (χ4v) is 2.53. The minimum absolute atomic E-state index is 0.802. The molecule has 0 aromatic heterocycles. The third kappa shape index (κ3) is 7.77. The average molecular weight is 240 g/mol. The molecule has 0 unspecified atom stereocenters. The first-order valence-electron chi connectivity index (χ1n) is 7.60. The zero-order valence-electron chi connectivity index (χ0n) is 12.2. The number of nitrogens with zero attached hydrogens (tertiary/aromatic N) is 1. The van der Waals surface area contributed by atoms with Gasteiger partial charge in [0.05, 0.1) is 0 Å². The summed E-state index contributed by atoms with van der Waals surface area (Å²) in [5.74, 6) is 0.826. The highest BCUT2D eigenvalue weighted by Gasteiger charge is 2.11. The maximum Gasteiger partial charge on any atom is 0.0104 e. The predicted molar refractivity (Wildman–Crippen MR) is 76.4 cm³/mol. The van der Waals surface area contributed by atoms with E-state index in [1.807, 2.05) is 0 Å². The molecule has 17 heavy (non-hydrogen) atoms. The second-order valence-electron chi connectivity index (χ2n) is 6.13. The van der Waals surface area contributed by atoms with Crippen LogP contribution in [-0.4, -0.2) is 37.6 Å². The van der Waals surface area contributed by atoms with E-state index >= 15 is 0 Å². The maximum absolute atomic E-state index is 3.74. The molecule has 0 bridgehead atoms. The molecule has 1 aliphatic carbocycles. The van der Waals surface area contributed by atoms with Gasteiger partial charge in [-0.05, 0) is 38.8 Å². The Balaban J connectivity index is 2.01. The van der Waals surface area contributed by atoms with Gasteiger partial charge in [-0.2, -0.15) is 0 Å².